The number of nitrogens with two attached hydrogens (primary N) is 1. The number of aromatic nitrogens is 3. The number of amides is 1. The Morgan fingerprint density at radius 1 is 1.22 bits per heavy atom. The van der Waals surface area contributed by atoms with Crippen molar-refractivity contribution in [1.29, 1.82) is 0 Å². The second-order valence-corrected chi connectivity index (χ2v) is 6.72. The van der Waals surface area contributed by atoms with Crippen molar-refractivity contribution in [1.82, 2.24) is 19.9 Å². The first kappa shape index (κ1) is 17.2. The summed E-state index contributed by atoms with van der Waals surface area (Å²) in [4.78, 5) is 27.4. The first-order chi connectivity index (χ1) is 13.1. The van der Waals surface area contributed by atoms with Gasteiger partial charge in [-0.05, 0) is 36.2 Å². The van der Waals surface area contributed by atoms with E-state index < -0.39 is 0 Å². The van der Waals surface area contributed by atoms with Crippen molar-refractivity contribution in [2.24, 2.45) is 0 Å². The Labute approximate surface area is 157 Å². The van der Waals surface area contributed by atoms with Crippen LogP contribution in [0.3, 0.4) is 0 Å². The van der Waals surface area contributed by atoms with Crippen LogP contribution in [0.15, 0.2) is 42.7 Å². The summed E-state index contributed by atoms with van der Waals surface area (Å²) in [6.07, 6.45) is 2.72. The highest BCUT2D eigenvalue weighted by atomic mass is 16.5. The number of hydrogen-bond acceptors (Lipinski definition) is 6. The van der Waals surface area contributed by atoms with Gasteiger partial charge in [0.25, 0.3) is 0 Å². The van der Waals surface area contributed by atoms with E-state index in [0.717, 1.165) is 35.4 Å². The number of anilines is 1. The zero-order chi connectivity index (χ0) is 18.8. The van der Waals surface area contributed by atoms with Gasteiger partial charge in [-0.2, -0.15) is 0 Å². The molecule has 0 aliphatic carbocycles. The van der Waals surface area contributed by atoms with Gasteiger partial charge >= 0.3 is 0 Å². The van der Waals surface area contributed by atoms with Gasteiger partial charge in [0.05, 0.1) is 18.9 Å². The zero-order valence-corrected chi connectivity index (χ0v) is 15.1. The van der Waals surface area contributed by atoms with Gasteiger partial charge in [0.15, 0.2) is 5.65 Å². The molecule has 1 aliphatic rings. The summed E-state index contributed by atoms with van der Waals surface area (Å²) in [6.45, 7) is 1.42. The molecule has 0 spiro atoms. The second-order valence-electron chi connectivity index (χ2n) is 6.72. The lowest BCUT2D eigenvalue weighted by Crippen LogP contribution is -2.29. The van der Waals surface area contributed by atoms with Crippen molar-refractivity contribution in [3.05, 3.63) is 54.0 Å². The number of likely N-dealkylation sites (tertiary alicyclic amines) is 1. The molecule has 0 radical (unpaired) electrons. The molecule has 7 nitrogen and oxygen atoms in total. The van der Waals surface area contributed by atoms with Gasteiger partial charge in [-0.3, -0.25) is 4.79 Å². The molecule has 4 rings (SSSR count). The van der Waals surface area contributed by atoms with Crippen LogP contribution < -0.4 is 10.5 Å². The highest BCUT2D eigenvalue weighted by Gasteiger charge is 2.28. The number of methoxy groups -OCH3 is 1. The number of nitrogen functional groups attached to an aromatic ring is 1. The van der Waals surface area contributed by atoms with E-state index in [1.165, 1.54) is 6.33 Å². The van der Waals surface area contributed by atoms with Crippen LogP contribution in [0.5, 0.6) is 5.75 Å². The standard InChI is InChI=1S/C20H21N5O2/c1-27-15-4-2-13(3-5-15)10-18(26)25-9-8-14(11-25)17-7-6-16-19(21)22-12-23-20(16)24-17/h2-7,12,14H,8-11H2,1H3,(H2,21,22,23,24)/t14-/m1/s1. The van der Waals surface area contributed by atoms with Crippen molar-refractivity contribution in [3.63, 3.8) is 0 Å². The lowest BCUT2D eigenvalue weighted by Gasteiger charge is -2.17. The number of hydrogen-bond donors (Lipinski definition) is 1. The van der Waals surface area contributed by atoms with Crippen LogP contribution in [0.2, 0.25) is 0 Å². The number of ether oxygens (including phenoxy) is 1. The van der Waals surface area contributed by atoms with E-state index in [0.29, 0.717) is 24.4 Å². The van der Waals surface area contributed by atoms with Gasteiger partial charge in [0.1, 0.15) is 17.9 Å². The molecule has 2 N–H and O–H groups in total. The number of fused-ring (bicyclic) bond motifs is 1. The maximum absolute atomic E-state index is 12.6. The van der Waals surface area contributed by atoms with Gasteiger partial charge in [0, 0.05) is 24.7 Å². The molecule has 0 bridgehead atoms. The summed E-state index contributed by atoms with van der Waals surface area (Å²) in [6, 6.07) is 11.5. The SMILES string of the molecule is COc1ccc(CC(=O)N2CC[C@@H](c3ccc4c(N)ncnc4n3)C2)cc1. The maximum atomic E-state index is 12.6. The molecular weight excluding hydrogens is 342 g/mol. The highest BCUT2D eigenvalue weighted by molar-refractivity contribution is 5.85. The van der Waals surface area contributed by atoms with E-state index in [2.05, 4.69) is 15.0 Å². The summed E-state index contributed by atoms with van der Waals surface area (Å²) < 4.78 is 5.16. The molecule has 7 heteroatoms. The molecule has 138 valence electrons. The number of carbonyl (C=O) groups excluding carboxylic acids is 1. The summed E-state index contributed by atoms with van der Waals surface area (Å²) in [5.41, 5.74) is 8.39. The minimum absolute atomic E-state index is 0.134. The van der Waals surface area contributed by atoms with E-state index in [9.17, 15) is 4.79 Å². The topological polar surface area (TPSA) is 94.2 Å². The highest BCUT2D eigenvalue weighted by Crippen LogP contribution is 2.28. The normalized spacial score (nSPS) is 16.6. The molecule has 1 saturated heterocycles. The number of rotatable bonds is 4. The molecule has 3 heterocycles. The van der Waals surface area contributed by atoms with Crippen LogP contribution in [0.25, 0.3) is 11.0 Å². The molecule has 27 heavy (non-hydrogen) atoms. The molecule has 1 atom stereocenters. The Bertz CT molecular complexity index is 974. The third-order valence-corrected chi connectivity index (χ3v) is 5.02. The van der Waals surface area contributed by atoms with E-state index in [1.807, 2.05) is 41.3 Å². The summed E-state index contributed by atoms with van der Waals surface area (Å²) in [7, 11) is 1.63. The number of nitrogens with zero attached hydrogens (tertiary/aromatic N) is 4. The molecule has 1 aromatic carbocycles. The summed E-state index contributed by atoms with van der Waals surface area (Å²) in [5.74, 6) is 1.57. The fourth-order valence-corrected chi connectivity index (χ4v) is 3.46. The molecule has 1 fully saturated rings. The molecule has 0 unspecified atom stereocenters. The van der Waals surface area contributed by atoms with Crippen LogP contribution in [0, 0.1) is 0 Å². The largest absolute Gasteiger partial charge is 0.497 e. The van der Waals surface area contributed by atoms with Crippen LogP contribution in [-0.2, 0) is 11.2 Å². The predicted octanol–water partition coefficient (Wildman–Crippen LogP) is 2.17. The Hall–Kier alpha value is -3.22. The van der Waals surface area contributed by atoms with E-state index >= 15 is 0 Å². The van der Waals surface area contributed by atoms with Crippen LogP contribution in [-0.4, -0.2) is 46.0 Å². The smallest absolute Gasteiger partial charge is 0.227 e. The number of benzene rings is 1. The first-order valence-electron chi connectivity index (χ1n) is 8.92. The average molecular weight is 363 g/mol. The molecule has 1 aliphatic heterocycles. The van der Waals surface area contributed by atoms with Crippen molar-refractivity contribution in [2.75, 3.05) is 25.9 Å². The minimum Gasteiger partial charge on any atom is -0.497 e. The fourth-order valence-electron chi connectivity index (χ4n) is 3.46. The van der Waals surface area contributed by atoms with Gasteiger partial charge in [0.2, 0.25) is 5.91 Å². The first-order valence-corrected chi connectivity index (χ1v) is 8.92. The van der Waals surface area contributed by atoms with Gasteiger partial charge in [-0.1, -0.05) is 12.1 Å². The number of pyridine rings is 1. The van der Waals surface area contributed by atoms with Crippen LogP contribution in [0.4, 0.5) is 5.82 Å². The molecular formula is C20H21N5O2. The predicted molar refractivity (Wildman–Crippen MR) is 102 cm³/mol. The lowest BCUT2D eigenvalue weighted by molar-refractivity contribution is -0.129. The molecule has 2 aromatic heterocycles. The van der Waals surface area contributed by atoms with E-state index in [4.69, 9.17) is 10.5 Å². The molecule has 3 aromatic rings. The molecule has 0 saturated carbocycles. The fraction of sp³-hybridized carbons (Fsp3) is 0.300. The van der Waals surface area contributed by atoms with Gasteiger partial charge in [-0.25, -0.2) is 15.0 Å². The van der Waals surface area contributed by atoms with Gasteiger partial charge in [-0.15, -0.1) is 0 Å². The second kappa shape index (κ2) is 7.19. The Kier molecular flexibility index (Phi) is 4.58. The Morgan fingerprint density at radius 3 is 2.81 bits per heavy atom. The van der Waals surface area contributed by atoms with Crippen molar-refractivity contribution >= 4 is 22.8 Å². The van der Waals surface area contributed by atoms with Crippen molar-refractivity contribution < 1.29 is 9.53 Å². The molecule has 1 amide bonds. The van der Waals surface area contributed by atoms with Crippen molar-refractivity contribution in [2.45, 2.75) is 18.8 Å². The van der Waals surface area contributed by atoms with Crippen molar-refractivity contribution in [3.8, 4) is 5.75 Å². The minimum atomic E-state index is 0.134. The average Bonchev–Trinajstić information content (AvgIpc) is 3.19. The van der Waals surface area contributed by atoms with E-state index in [-0.39, 0.29) is 11.8 Å². The van der Waals surface area contributed by atoms with Gasteiger partial charge < -0.3 is 15.4 Å². The third kappa shape index (κ3) is 3.53. The van der Waals surface area contributed by atoms with Crippen LogP contribution >= 0.6 is 0 Å². The monoisotopic (exact) mass is 363 g/mol. The lowest BCUT2D eigenvalue weighted by atomic mass is 10.0. The quantitative estimate of drug-likeness (QED) is 0.763. The van der Waals surface area contributed by atoms with E-state index in [1.54, 1.807) is 7.11 Å². The Morgan fingerprint density at radius 2 is 2.04 bits per heavy atom. The maximum Gasteiger partial charge on any atom is 0.227 e. The van der Waals surface area contributed by atoms with Crippen LogP contribution in [0.1, 0.15) is 23.6 Å². The Balaban J connectivity index is 1.44. The summed E-state index contributed by atoms with van der Waals surface area (Å²) >= 11 is 0. The number of carbonyl (C=O) groups is 1. The summed E-state index contributed by atoms with van der Waals surface area (Å²) in [5, 5.41) is 0.756. The third-order valence-electron chi connectivity index (χ3n) is 5.02. The zero-order valence-electron chi connectivity index (χ0n) is 15.1.